The van der Waals surface area contributed by atoms with E-state index < -0.39 is 11.9 Å². The first-order chi connectivity index (χ1) is 9.15. The Bertz CT molecular complexity index is 557. The van der Waals surface area contributed by atoms with E-state index in [1.54, 1.807) is 13.0 Å². The number of hydrogen-bond donors (Lipinski definition) is 1. The smallest absolute Gasteiger partial charge is 0.412 e. The van der Waals surface area contributed by atoms with Gasteiger partial charge in [0.05, 0.1) is 0 Å². The zero-order valence-corrected chi connectivity index (χ0v) is 10.5. The Morgan fingerprint density at radius 1 is 1.16 bits per heavy atom. The van der Waals surface area contributed by atoms with E-state index in [4.69, 9.17) is 4.74 Å². The fraction of sp³-hybridized carbons (Fsp3) is 0.133. The number of carbonyl (C=O) groups excluding carboxylic acids is 1. The molecule has 0 heterocycles. The van der Waals surface area contributed by atoms with E-state index in [0.29, 0.717) is 5.69 Å². The van der Waals surface area contributed by atoms with Crippen molar-refractivity contribution in [1.82, 2.24) is 0 Å². The maximum Gasteiger partial charge on any atom is 0.412 e. The molecule has 4 heteroatoms. The van der Waals surface area contributed by atoms with Crippen LogP contribution in [0.25, 0.3) is 0 Å². The molecule has 3 nitrogen and oxygen atoms in total. The molecular weight excluding hydrogens is 245 g/mol. The zero-order chi connectivity index (χ0) is 13.7. The normalized spacial score (nSPS) is 11.7. The Labute approximate surface area is 111 Å². The number of anilines is 1. The molecule has 1 atom stereocenters. The lowest BCUT2D eigenvalue weighted by Crippen LogP contribution is -2.16. The lowest BCUT2D eigenvalue weighted by atomic mass is 10.1. The lowest BCUT2D eigenvalue weighted by molar-refractivity contribution is 0.121. The van der Waals surface area contributed by atoms with Crippen LogP contribution >= 0.6 is 0 Å². The molecule has 2 aromatic carbocycles. The molecule has 19 heavy (non-hydrogen) atoms. The van der Waals surface area contributed by atoms with Crippen LogP contribution in [0, 0.1) is 5.82 Å². The number of halogens is 1. The van der Waals surface area contributed by atoms with E-state index in [-0.39, 0.29) is 6.10 Å². The highest BCUT2D eigenvalue weighted by molar-refractivity contribution is 5.84. The van der Waals surface area contributed by atoms with E-state index in [2.05, 4.69) is 5.32 Å². The van der Waals surface area contributed by atoms with Gasteiger partial charge in [-0.15, -0.1) is 0 Å². The summed E-state index contributed by atoms with van der Waals surface area (Å²) in [5.41, 5.74) is 1.27. The van der Waals surface area contributed by atoms with E-state index >= 15 is 0 Å². The number of hydrogen-bond acceptors (Lipinski definition) is 2. The minimum Gasteiger partial charge on any atom is -0.441 e. The molecule has 0 spiro atoms. The number of amides is 1. The van der Waals surface area contributed by atoms with Crippen molar-refractivity contribution in [3.63, 3.8) is 0 Å². The van der Waals surface area contributed by atoms with Crippen LogP contribution in [-0.2, 0) is 4.74 Å². The molecule has 2 rings (SSSR count). The summed E-state index contributed by atoms with van der Waals surface area (Å²) in [5.74, 6) is -0.408. The van der Waals surface area contributed by atoms with Gasteiger partial charge in [-0.05, 0) is 30.7 Å². The van der Waals surface area contributed by atoms with Crippen molar-refractivity contribution in [3.8, 4) is 0 Å². The van der Waals surface area contributed by atoms with Crippen LogP contribution in [0.5, 0.6) is 0 Å². The van der Waals surface area contributed by atoms with Crippen molar-refractivity contribution in [3.05, 3.63) is 66.0 Å². The van der Waals surface area contributed by atoms with E-state index in [0.717, 1.165) is 5.56 Å². The second-order valence-corrected chi connectivity index (χ2v) is 4.09. The first-order valence-electron chi connectivity index (χ1n) is 5.93. The summed E-state index contributed by atoms with van der Waals surface area (Å²) in [6.07, 6.45) is -0.975. The summed E-state index contributed by atoms with van der Waals surface area (Å²) in [6, 6.07) is 15.0. The molecule has 0 aromatic heterocycles. The molecule has 0 saturated carbocycles. The third-order valence-electron chi connectivity index (χ3n) is 2.62. The molecule has 0 aliphatic heterocycles. The molecule has 0 radical (unpaired) electrons. The molecule has 0 aliphatic carbocycles. The highest BCUT2D eigenvalue weighted by Gasteiger charge is 2.11. The van der Waals surface area contributed by atoms with Crippen LogP contribution in [0.4, 0.5) is 14.9 Å². The summed E-state index contributed by atoms with van der Waals surface area (Å²) >= 11 is 0. The standard InChI is InChI=1S/C15H14FNO2/c1-11(12-6-3-2-4-7-12)19-15(18)17-14-9-5-8-13(16)10-14/h2-11H,1H3,(H,17,18). The average molecular weight is 259 g/mol. The lowest BCUT2D eigenvalue weighted by Gasteiger charge is -2.14. The molecule has 98 valence electrons. The predicted octanol–water partition coefficient (Wildman–Crippen LogP) is 4.14. The van der Waals surface area contributed by atoms with Crippen molar-refractivity contribution >= 4 is 11.8 Å². The molecule has 1 unspecified atom stereocenters. The first-order valence-corrected chi connectivity index (χ1v) is 5.93. The van der Waals surface area contributed by atoms with Gasteiger partial charge in [-0.3, -0.25) is 5.32 Å². The molecule has 0 aliphatic rings. The van der Waals surface area contributed by atoms with Crippen LogP contribution < -0.4 is 5.32 Å². The molecule has 1 N–H and O–H groups in total. The van der Waals surface area contributed by atoms with Crippen molar-refractivity contribution in [2.24, 2.45) is 0 Å². The summed E-state index contributed by atoms with van der Waals surface area (Å²) in [5, 5.41) is 2.48. The monoisotopic (exact) mass is 259 g/mol. The minimum atomic E-state index is -0.609. The number of ether oxygens (including phenoxy) is 1. The van der Waals surface area contributed by atoms with Gasteiger partial charge >= 0.3 is 6.09 Å². The van der Waals surface area contributed by atoms with Crippen molar-refractivity contribution in [1.29, 1.82) is 0 Å². The van der Waals surface area contributed by atoms with Gasteiger partial charge in [0.25, 0.3) is 0 Å². The van der Waals surface area contributed by atoms with Gasteiger partial charge in [0.1, 0.15) is 11.9 Å². The highest BCUT2D eigenvalue weighted by atomic mass is 19.1. The molecular formula is C15H14FNO2. The summed E-state index contributed by atoms with van der Waals surface area (Å²) in [6.45, 7) is 1.78. The predicted molar refractivity (Wildman–Crippen MR) is 71.4 cm³/mol. The largest absolute Gasteiger partial charge is 0.441 e. The van der Waals surface area contributed by atoms with Gasteiger partial charge in [-0.2, -0.15) is 0 Å². The number of benzene rings is 2. The Morgan fingerprint density at radius 2 is 1.89 bits per heavy atom. The summed E-state index contributed by atoms with van der Waals surface area (Å²) < 4.78 is 18.2. The summed E-state index contributed by atoms with van der Waals surface area (Å²) in [4.78, 5) is 11.7. The minimum absolute atomic E-state index is 0.366. The third-order valence-corrected chi connectivity index (χ3v) is 2.62. The second kappa shape index (κ2) is 6.00. The molecule has 1 amide bonds. The fourth-order valence-corrected chi connectivity index (χ4v) is 1.67. The van der Waals surface area contributed by atoms with Gasteiger partial charge < -0.3 is 4.74 Å². The van der Waals surface area contributed by atoms with Crippen molar-refractivity contribution in [2.45, 2.75) is 13.0 Å². The van der Waals surface area contributed by atoms with Crippen molar-refractivity contribution < 1.29 is 13.9 Å². The number of rotatable bonds is 3. The quantitative estimate of drug-likeness (QED) is 0.899. The molecule has 0 saturated heterocycles. The van der Waals surface area contributed by atoms with Crippen LogP contribution in [0.3, 0.4) is 0 Å². The Kier molecular flexibility index (Phi) is 4.13. The van der Waals surface area contributed by atoms with Crippen molar-refractivity contribution in [2.75, 3.05) is 5.32 Å². The first kappa shape index (κ1) is 13.1. The summed E-state index contributed by atoms with van der Waals surface area (Å²) in [7, 11) is 0. The third kappa shape index (κ3) is 3.81. The van der Waals surface area contributed by atoms with Crippen LogP contribution in [-0.4, -0.2) is 6.09 Å². The van der Waals surface area contributed by atoms with E-state index in [1.807, 2.05) is 30.3 Å². The van der Waals surface area contributed by atoms with E-state index in [9.17, 15) is 9.18 Å². The molecule has 2 aromatic rings. The maximum atomic E-state index is 13.0. The van der Waals surface area contributed by atoms with Gasteiger partial charge in [0.15, 0.2) is 0 Å². The van der Waals surface area contributed by atoms with Gasteiger partial charge in [0, 0.05) is 5.69 Å². The fourth-order valence-electron chi connectivity index (χ4n) is 1.67. The van der Waals surface area contributed by atoms with Crippen LogP contribution in [0.2, 0.25) is 0 Å². The number of carbonyl (C=O) groups is 1. The number of nitrogens with one attached hydrogen (secondary N) is 1. The Hall–Kier alpha value is -2.36. The van der Waals surface area contributed by atoms with Gasteiger partial charge in [0.2, 0.25) is 0 Å². The molecule has 0 bridgehead atoms. The SMILES string of the molecule is CC(OC(=O)Nc1cccc(F)c1)c1ccccc1. The van der Waals surface area contributed by atoms with Gasteiger partial charge in [-0.25, -0.2) is 9.18 Å². The van der Waals surface area contributed by atoms with Gasteiger partial charge in [-0.1, -0.05) is 36.4 Å². The Balaban J connectivity index is 1.95. The topological polar surface area (TPSA) is 38.3 Å². The molecule has 0 fully saturated rings. The Morgan fingerprint density at radius 3 is 2.58 bits per heavy atom. The second-order valence-electron chi connectivity index (χ2n) is 4.09. The van der Waals surface area contributed by atoms with Crippen LogP contribution in [0.15, 0.2) is 54.6 Å². The zero-order valence-electron chi connectivity index (χ0n) is 10.5. The maximum absolute atomic E-state index is 13.0. The highest BCUT2D eigenvalue weighted by Crippen LogP contribution is 2.17. The average Bonchev–Trinajstić information content (AvgIpc) is 2.39. The van der Waals surface area contributed by atoms with Crippen LogP contribution in [0.1, 0.15) is 18.6 Å². The van der Waals surface area contributed by atoms with E-state index in [1.165, 1.54) is 18.2 Å².